The van der Waals surface area contributed by atoms with Crippen LogP contribution >= 0.6 is 0 Å². The van der Waals surface area contributed by atoms with Gasteiger partial charge >= 0.3 is 0 Å². The highest BCUT2D eigenvalue weighted by molar-refractivity contribution is 6.04. The van der Waals surface area contributed by atoms with E-state index in [1.165, 1.54) is 32.2 Å². The Bertz CT molecular complexity index is 1230. The number of aliphatic hydroxyl groups is 1. The van der Waals surface area contributed by atoms with E-state index in [2.05, 4.69) is 25.2 Å². The summed E-state index contributed by atoms with van der Waals surface area (Å²) in [7, 11) is 0. The fourth-order valence-corrected chi connectivity index (χ4v) is 3.82. The van der Waals surface area contributed by atoms with Crippen molar-refractivity contribution in [3.8, 4) is 17.0 Å². The topological polar surface area (TPSA) is 110 Å². The molecule has 0 radical (unpaired) electrons. The number of amides is 1. The Morgan fingerprint density at radius 1 is 1.22 bits per heavy atom. The largest absolute Gasteiger partial charge is 0.475 e. The van der Waals surface area contributed by atoms with Crippen molar-refractivity contribution in [2.45, 2.75) is 26.4 Å². The summed E-state index contributed by atoms with van der Waals surface area (Å²) >= 11 is 0. The van der Waals surface area contributed by atoms with E-state index in [4.69, 9.17) is 9.47 Å². The number of carbonyl (C=O) groups excluding carboxylic acids is 1. The van der Waals surface area contributed by atoms with Gasteiger partial charge in [-0.15, -0.1) is 0 Å². The number of nitrogens with one attached hydrogen (secondary N) is 1. The summed E-state index contributed by atoms with van der Waals surface area (Å²) in [6.45, 7) is 7.28. The van der Waals surface area contributed by atoms with Crippen molar-refractivity contribution < 1.29 is 23.8 Å². The number of morpholine rings is 1. The lowest BCUT2D eigenvalue weighted by Gasteiger charge is -2.28. The van der Waals surface area contributed by atoms with Gasteiger partial charge in [0.25, 0.3) is 5.91 Å². The molecule has 0 spiro atoms. The van der Waals surface area contributed by atoms with E-state index in [9.17, 15) is 14.3 Å². The normalized spacial score (nSPS) is 14.0. The van der Waals surface area contributed by atoms with Crippen LogP contribution in [0.2, 0.25) is 0 Å². The average molecular weight is 496 g/mol. The van der Waals surface area contributed by atoms with Crippen LogP contribution in [0.25, 0.3) is 11.1 Å². The van der Waals surface area contributed by atoms with E-state index in [0.717, 1.165) is 22.6 Å². The first-order valence-electron chi connectivity index (χ1n) is 11.8. The number of rotatable bonds is 8. The van der Waals surface area contributed by atoms with Crippen LogP contribution in [0.4, 0.5) is 15.9 Å². The molecule has 0 aliphatic carbocycles. The molecule has 36 heavy (non-hydrogen) atoms. The van der Waals surface area contributed by atoms with Crippen LogP contribution in [0.1, 0.15) is 35.6 Å². The maximum Gasteiger partial charge on any atom is 0.255 e. The summed E-state index contributed by atoms with van der Waals surface area (Å²) in [4.78, 5) is 28.1. The Hall–Kier alpha value is -3.63. The van der Waals surface area contributed by atoms with Crippen molar-refractivity contribution in [3.05, 3.63) is 59.7 Å². The lowest BCUT2D eigenvalue weighted by Crippen LogP contribution is -2.36. The molecule has 4 rings (SSSR count). The van der Waals surface area contributed by atoms with Crippen LogP contribution in [0, 0.1) is 6.92 Å². The standard InChI is InChI=1S/C26H30FN5O4/c1-17-21(19-13-23(32-6-9-35-10-7-32)31-24(14-19)36-11-8-33)15-20(16-29-17)30-25(34)18-4-5-28-22(12-18)26(2,3)27/h4-5,12-16,33H,6-11H2,1-3H3,(H,30,34). The predicted octanol–water partition coefficient (Wildman–Crippen LogP) is 3.51. The fourth-order valence-electron chi connectivity index (χ4n) is 3.82. The lowest BCUT2D eigenvalue weighted by molar-refractivity contribution is 0.102. The van der Waals surface area contributed by atoms with Crippen LogP contribution in [-0.4, -0.2) is 65.5 Å². The highest BCUT2D eigenvalue weighted by Gasteiger charge is 2.22. The monoisotopic (exact) mass is 495 g/mol. The molecule has 1 fully saturated rings. The summed E-state index contributed by atoms with van der Waals surface area (Å²) < 4.78 is 25.4. The third-order valence-electron chi connectivity index (χ3n) is 5.75. The summed E-state index contributed by atoms with van der Waals surface area (Å²) in [5, 5.41) is 12.0. The van der Waals surface area contributed by atoms with E-state index in [0.29, 0.717) is 43.4 Å². The number of aliphatic hydroxyl groups excluding tert-OH is 1. The van der Waals surface area contributed by atoms with Crippen molar-refractivity contribution in [2.75, 3.05) is 49.7 Å². The van der Waals surface area contributed by atoms with Crippen molar-refractivity contribution >= 4 is 17.4 Å². The number of nitrogens with zero attached hydrogens (tertiary/aromatic N) is 4. The Morgan fingerprint density at radius 3 is 2.72 bits per heavy atom. The van der Waals surface area contributed by atoms with Gasteiger partial charge in [0.15, 0.2) is 0 Å². The molecule has 3 aromatic heterocycles. The van der Waals surface area contributed by atoms with E-state index in [1.807, 2.05) is 19.1 Å². The van der Waals surface area contributed by atoms with Gasteiger partial charge in [0.1, 0.15) is 18.1 Å². The second-order valence-electron chi connectivity index (χ2n) is 8.94. The smallest absolute Gasteiger partial charge is 0.255 e. The molecular formula is C26H30FN5O4. The highest BCUT2D eigenvalue weighted by Crippen LogP contribution is 2.31. The zero-order chi connectivity index (χ0) is 25.7. The third-order valence-corrected chi connectivity index (χ3v) is 5.75. The lowest BCUT2D eigenvalue weighted by atomic mass is 10.0. The SMILES string of the molecule is Cc1ncc(NC(=O)c2ccnc(C(C)(C)F)c2)cc1-c1cc(OCCO)nc(N2CCOCC2)c1. The number of halogens is 1. The first kappa shape index (κ1) is 25.5. The van der Waals surface area contributed by atoms with E-state index < -0.39 is 11.6 Å². The minimum Gasteiger partial charge on any atom is -0.475 e. The zero-order valence-electron chi connectivity index (χ0n) is 20.6. The molecule has 3 aromatic rings. The number of pyridine rings is 3. The van der Waals surface area contributed by atoms with Gasteiger partial charge in [-0.2, -0.15) is 4.98 Å². The number of hydrogen-bond donors (Lipinski definition) is 2. The molecule has 0 bridgehead atoms. The van der Waals surface area contributed by atoms with Gasteiger partial charge in [-0.1, -0.05) is 0 Å². The average Bonchev–Trinajstić information content (AvgIpc) is 2.88. The second-order valence-corrected chi connectivity index (χ2v) is 8.94. The number of carbonyl (C=O) groups is 1. The van der Waals surface area contributed by atoms with Crippen molar-refractivity contribution in [1.82, 2.24) is 15.0 Å². The molecule has 9 nitrogen and oxygen atoms in total. The van der Waals surface area contributed by atoms with Gasteiger partial charge in [-0.3, -0.25) is 14.8 Å². The third kappa shape index (κ3) is 6.13. The van der Waals surface area contributed by atoms with E-state index in [-0.39, 0.29) is 18.9 Å². The number of ether oxygens (including phenoxy) is 2. The van der Waals surface area contributed by atoms with Crippen molar-refractivity contribution in [2.24, 2.45) is 0 Å². The summed E-state index contributed by atoms with van der Waals surface area (Å²) in [6.07, 6.45) is 2.99. The zero-order valence-corrected chi connectivity index (χ0v) is 20.6. The molecule has 190 valence electrons. The molecule has 1 saturated heterocycles. The minimum absolute atomic E-state index is 0.121. The number of alkyl halides is 1. The fraction of sp³-hybridized carbons (Fsp3) is 0.385. The first-order chi connectivity index (χ1) is 17.2. The van der Waals surface area contributed by atoms with Gasteiger partial charge in [0.2, 0.25) is 5.88 Å². The number of hydrogen-bond acceptors (Lipinski definition) is 8. The van der Waals surface area contributed by atoms with Crippen LogP contribution in [-0.2, 0) is 10.4 Å². The molecule has 1 aliphatic heterocycles. The molecular weight excluding hydrogens is 465 g/mol. The summed E-state index contributed by atoms with van der Waals surface area (Å²) in [5.74, 6) is 0.723. The molecule has 0 unspecified atom stereocenters. The van der Waals surface area contributed by atoms with Crippen LogP contribution in [0.15, 0.2) is 42.7 Å². The quantitative estimate of drug-likeness (QED) is 0.489. The van der Waals surface area contributed by atoms with Crippen LogP contribution < -0.4 is 15.0 Å². The van der Waals surface area contributed by atoms with E-state index in [1.54, 1.807) is 12.3 Å². The molecule has 2 N–H and O–H groups in total. The highest BCUT2D eigenvalue weighted by atomic mass is 19.1. The molecule has 1 amide bonds. The minimum atomic E-state index is -1.66. The van der Waals surface area contributed by atoms with Crippen LogP contribution in [0.3, 0.4) is 0 Å². The Labute approximate surface area is 209 Å². The van der Waals surface area contributed by atoms with Crippen LogP contribution in [0.5, 0.6) is 5.88 Å². The number of aromatic nitrogens is 3. The maximum atomic E-state index is 14.3. The number of anilines is 2. The summed E-state index contributed by atoms with van der Waals surface area (Å²) in [6, 6.07) is 8.55. The molecule has 0 saturated carbocycles. The molecule has 10 heteroatoms. The summed E-state index contributed by atoms with van der Waals surface area (Å²) in [5.41, 5.74) is 1.66. The molecule has 4 heterocycles. The predicted molar refractivity (Wildman–Crippen MR) is 134 cm³/mol. The van der Waals surface area contributed by atoms with Gasteiger partial charge in [0, 0.05) is 42.2 Å². The maximum absolute atomic E-state index is 14.3. The first-order valence-corrected chi connectivity index (χ1v) is 11.8. The van der Waals surface area contributed by atoms with Gasteiger partial charge in [0.05, 0.1) is 37.4 Å². The van der Waals surface area contributed by atoms with E-state index >= 15 is 0 Å². The molecule has 0 aromatic carbocycles. The van der Waals surface area contributed by atoms with Gasteiger partial charge < -0.3 is 24.8 Å². The Balaban J connectivity index is 1.64. The van der Waals surface area contributed by atoms with Crippen molar-refractivity contribution in [1.29, 1.82) is 0 Å². The van der Waals surface area contributed by atoms with Gasteiger partial charge in [-0.25, -0.2) is 4.39 Å². The van der Waals surface area contributed by atoms with Crippen molar-refractivity contribution in [3.63, 3.8) is 0 Å². The Morgan fingerprint density at radius 2 is 2.00 bits per heavy atom. The van der Waals surface area contributed by atoms with Gasteiger partial charge in [-0.05, 0) is 50.6 Å². The second kappa shape index (κ2) is 11.0. The number of aryl methyl sites for hydroxylation is 1. The molecule has 0 atom stereocenters. The molecule has 1 aliphatic rings. The Kier molecular flexibility index (Phi) is 7.76.